The topological polar surface area (TPSA) is 44.2 Å². The molecule has 0 aliphatic rings. The molecule has 0 unspecified atom stereocenters. The summed E-state index contributed by atoms with van der Waals surface area (Å²) in [5, 5.41) is 0.900. The summed E-state index contributed by atoms with van der Waals surface area (Å²) in [6.07, 6.45) is 1.57. The lowest BCUT2D eigenvalue weighted by atomic mass is 10.1. The van der Waals surface area contributed by atoms with E-state index >= 15 is 0 Å². The molecule has 0 radical (unpaired) electrons. The number of aromatic nitrogens is 2. The maximum Gasteiger partial charge on any atom is 0.162 e. The predicted molar refractivity (Wildman–Crippen MR) is 111 cm³/mol. The van der Waals surface area contributed by atoms with Crippen LogP contribution in [0.2, 0.25) is 16.6 Å². The lowest BCUT2D eigenvalue weighted by Gasteiger charge is -2.38. The molecule has 0 fully saturated rings. The van der Waals surface area contributed by atoms with Gasteiger partial charge in [0.15, 0.2) is 11.5 Å². The number of rotatable bonds is 5. The van der Waals surface area contributed by atoms with E-state index in [-0.39, 0.29) is 0 Å². The summed E-state index contributed by atoms with van der Waals surface area (Å²) in [5.41, 5.74) is 7.05. The van der Waals surface area contributed by atoms with E-state index in [0.717, 1.165) is 16.6 Å². The van der Waals surface area contributed by atoms with E-state index in [4.69, 9.17) is 9.47 Å². The van der Waals surface area contributed by atoms with Crippen molar-refractivity contribution in [1.29, 1.82) is 0 Å². The summed E-state index contributed by atoms with van der Waals surface area (Å²) in [4.78, 5) is 8.83. The van der Waals surface area contributed by atoms with Gasteiger partial charge < -0.3 is 9.47 Å². The van der Waals surface area contributed by atoms with E-state index in [2.05, 4.69) is 63.0 Å². The summed E-state index contributed by atoms with van der Waals surface area (Å²) in [7, 11) is 1.44. The number of fused-ring (bicyclic) bond motifs is 1. The van der Waals surface area contributed by atoms with Crippen molar-refractivity contribution >= 4 is 19.0 Å². The Morgan fingerprint density at radius 3 is 1.88 bits per heavy atom. The molecule has 0 bridgehead atoms. The Balaban J connectivity index is 2.67. The molecule has 4 nitrogen and oxygen atoms in total. The zero-order valence-electron chi connectivity index (χ0n) is 17.2. The predicted octanol–water partition coefficient (Wildman–Crippen LogP) is 5.22. The molecule has 1 heterocycles. The summed E-state index contributed by atoms with van der Waals surface area (Å²) in [6.45, 7) is 13.9. The van der Waals surface area contributed by atoms with Gasteiger partial charge in [-0.2, -0.15) is 0 Å². The lowest BCUT2D eigenvalue weighted by molar-refractivity contribution is 0.356. The van der Waals surface area contributed by atoms with Crippen molar-refractivity contribution in [2.75, 3.05) is 14.2 Å². The van der Waals surface area contributed by atoms with Gasteiger partial charge in [0.1, 0.15) is 20.1 Å². The molecule has 2 aromatic rings. The molecule has 0 saturated carbocycles. The molecule has 26 heavy (non-hydrogen) atoms. The molecule has 0 spiro atoms. The second kappa shape index (κ2) is 8.09. The zero-order chi connectivity index (χ0) is 19.5. The molecule has 0 N–H and O–H groups in total. The molecule has 2 rings (SSSR count). The zero-order valence-corrected chi connectivity index (χ0v) is 18.2. The Bertz CT molecular complexity index is 813. The summed E-state index contributed by atoms with van der Waals surface area (Å²) >= 11 is 0. The monoisotopic (exact) mass is 370 g/mol. The third-order valence-electron chi connectivity index (χ3n) is 5.40. The standard InChI is InChI=1S/C21H30N2O2Si/c1-14(2)26(15(3)4,16(5)6)10-9-18-17-11-20(24-7)21(25-8)12-19(17)23-13-22-18/h11-16H,1-8H3. The second-order valence-electron chi connectivity index (χ2n) is 7.59. The Morgan fingerprint density at radius 1 is 0.846 bits per heavy atom. The fourth-order valence-corrected chi connectivity index (χ4v) is 9.28. The van der Waals surface area contributed by atoms with Gasteiger partial charge in [0.05, 0.1) is 19.7 Å². The van der Waals surface area contributed by atoms with Gasteiger partial charge in [0, 0.05) is 11.5 Å². The van der Waals surface area contributed by atoms with Gasteiger partial charge in [0.25, 0.3) is 0 Å². The average Bonchev–Trinajstić information content (AvgIpc) is 2.60. The van der Waals surface area contributed by atoms with Crippen molar-refractivity contribution in [3.63, 3.8) is 0 Å². The normalized spacial score (nSPS) is 11.8. The molecule has 140 valence electrons. The highest BCUT2D eigenvalue weighted by atomic mass is 28.3. The molecule has 1 aromatic heterocycles. The second-order valence-corrected chi connectivity index (χ2v) is 13.2. The first kappa shape index (κ1) is 20.3. The molecule has 0 aliphatic heterocycles. The Labute approximate surface area is 158 Å². The fourth-order valence-electron chi connectivity index (χ4n) is 4.08. The van der Waals surface area contributed by atoms with Crippen LogP contribution in [0.4, 0.5) is 0 Å². The van der Waals surface area contributed by atoms with Crippen LogP contribution in [0.1, 0.15) is 47.2 Å². The number of benzene rings is 1. The van der Waals surface area contributed by atoms with Crippen molar-refractivity contribution in [2.24, 2.45) is 0 Å². The van der Waals surface area contributed by atoms with E-state index < -0.39 is 8.07 Å². The highest BCUT2D eigenvalue weighted by Gasteiger charge is 2.41. The van der Waals surface area contributed by atoms with Gasteiger partial charge in [-0.05, 0) is 22.7 Å². The number of ether oxygens (including phenoxy) is 2. The van der Waals surface area contributed by atoms with Crippen LogP contribution in [0.25, 0.3) is 10.9 Å². The van der Waals surface area contributed by atoms with Gasteiger partial charge in [-0.3, -0.25) is 0 Å². The van der Waals surface area contributed by atoms with E-state index in [1.165, 1.54) is 0 Å². The van der Waals surface area contributed by atoms with E-state index in [9.17, 15) is 0 Å². The fraction of sp³-hybridized carbons (Fsp3) is 0.524. The molecule has 1 aromatic carbocycles. The number of methoxy groups -OCH3 is 2. The van der Waals surface area contributed by atoms with Gasteiger partial charge in [-0.15, -0.1) is 5.54 Å². The van der Waals surface area contributed by atoms with Crippen LogP contribution in [0, 0.1) is 11.5 Å². The first-order valence-electron chi connectivity index (χ1n) is 9.17. The van der Waals surface area contributed by atoms with Gasteiger partial charge in [-0.25, -0.2) is 9.97 Å². The van der Waals surface area contributed by atoms with Crippen LogP contribution in [0.15, 0.2) is 18.5 Å². The minimum Gasteiger partial charge on any atom is -0.493 e. The Morgan fingerprint density at radius 2 is 1.38 bits per heavy atom. The van der Waals surface area contributed by atoms with Crippen LogP contribution in [0.3, 0.4) is 0 Å². The third kappa shape index (κ3) is 3.56. The van der Waals surface area contributed by atoms with Gasteiger partial charge in [0.2, 0.25) is 0 Å². The maximum absolute atomic E-state index is 5.44. The SMILES string of the molecule is COc1cc2ncnc(C#C[Si](C(C)C)(C(C)C)C(C)C)c2cc1OC. The van der Waals surface area contributed by atoms with Crippen molar-refractivity contribution in [1.82, 2.24) is 9.97 Å². The van der Waals surface area contributed by atoms with E-state index in [1.807, 2.05) is 12.1 Å². The summed E-state index contributed by atoms with van der Waals surface area (Å²) in [6, 6.07) is 3.79. The largest absolute Gasteiger partial charge is 0.493 e. The maximum atomic E-state index is 5.44. The molecule has 0 amide bonds. The van der Waals surface area contributed by atoms with Crippen molar-refractivity contribution < 1.29 is 9.47 Å². The number of hydrogen-bond donors (Lipinski definition) is 0. The molecular formula is C21H30N2O2Si. The first-order valence-corrected chi connectivity index (χ1v) is 11.4. The van der Waals surface area contributed by atoms with Crippen LogP contribution < -0.4 is 9.47 Å². The average molecular weight is 371 g/mol. The quantitative estimate of drug-likeness (QED) is 0.535. The number of hydrogen-bond acceptors (Lipinski definition) is 4. The lowest BCUT2D eigenvalue weighted by Crippen LogP contribution is -2.43. The van der Waals surface area contributed by atoms with E-state index in [1.54, 1.807) is 20.5 Å². The highest BCUT2D eigenvalue weighted by Crippen LogP contribution is 2.41. The Kier molecular flexibility index (Phi) is 6.30. The minimum absolute atomic E-state index is 0.581. The summed E-state index contributed by atoms with van der Waals surface area (Å²) in [5.74, 6) is 4.75. The van der Waals surface area contributed by atoms with Crippen LogP contribution in [-0.4, -0.2) is 32.3 Å². The smallest absolute Gasteiger partial charge is 0.162 e. The third-order valence-corrected chi connectivity index (χ3v) is 11.7. The number of nitrogens with zero attached hydrogens (tertiary/aromatic N) is 2. The van der Waals surface area contributed by atoms with Crippen molar-refractivity contribution in [2.45, 2.75) is 58.2 Å². The van der Waals surface area contributed by atoms with Crippen molar-refractivity contribution in [3.05, 3.63) is 24.2 Å². The summed E-state index contributed by atoms with van der Waals surface area (Å²) < 4.78 is 10.8. The molecule has 0 aliphatic carbocycles. The van der Waals surface area contributed by atoms with Gasteiger partial charge in [-0.1, -0.05) is 47.5 Å². The van der Waals surface area contributed by atoms with E-state index in [0.29, 0.717) is 28.1 Å². The molecule has 0 saturated heterocycles. The highest BCUT2D eigenvalue weighted by molar-refractivity contribution is 6.90. The first-order chi connectivity index (χ1) is 12.3. The van der Waals surface area contributed by atoms with Crippen LogP contribution in [0.5, 0.6) is 11.5 Å². The Hall–Kier alpha value is -2.06. The minimum atomic E-state index is -1.81. The molecular weight excluding hydrogens is 340 g/mol. The van der Waals surface area contributed by atoms with Crippen LogP contribution in [-0.2, 0) is 0 Å². The van der Waals surface area contributed by atoms with Crippen LogP contribution >= 0.6 is 0 Å². The molecule has 0 atom stereocenters. The molecule has 5 heteroatoms. The van der Waals surface area contributed by atoms with Gasteiger partial charge >= 0.3 is 0 Å². The van der Waals surface area contributed by atoms with Crippen molar-refractivity contribution in [3.8, 4) is 23.0 Å².